The zero-order chi connectivity index (χ0) is 13.8. The third kappa shape index (κ3) is 3.43. The molecular weight excluding hydrogens is 303 g/mol. The summed E-state index contributed by atoms with van der Waals surface area (Å²) in [5.74, 6) is -0.705. The van der Waals surface area contributed by atoms with Crippen molar-refractivity contribution in [1.82, 2.24) is 9.80 Å². The van der Waals surface area contributed by atoms with E-state index in [0.29, 0.717) is 6.04 Å². The quantitative estimate of drug-likeness (QED) is 0.757. The first kappa shape index (κ1) is 14.7. The molecule has 4 nitrogen and oxygen atoms in total. The van der Waals surface area contributed by atoms with Crippen LogP contribution in [-0.2, 0) is 4.79 Å². The number of likely N-dealkylation sites (tertiary alicyclic amines) is 1. The van der Waals surface area contributed by atoms with E-state index in [1.807, 2.05) is 17.2 Å². The van der Waals surface area contributed by atoms with E-state index in [1.165, 1.54) is 18.4 Å². The van der Waals surface area contributed by atoms with Crippen LogP contribution < -0.4 is 0 Å². The van der Waals surface area contributed by atoms with E-state index in [-0.39, 0.29) is 6.04 Å². The fourth-order valence-electron chi connectivity index (χ4n) is 2.99. The molecule has 106 valence electrons. The zero-order valence-corrected chi connectivity index (χ0v) is 13.9. The Balaban J connectivity index is 2.05. The average molecular weight is 326 g/mol. The number of hydrogen-bond donors (Lipinski definition) is 1. The van der Waals surface area contributed by atoms with Crippen molar-refractivity contribution in [3.63, 3.8) is 0 Å². The normalized spacial score (nSPS) is 25.5. The summed E-state index contributed by atoms with van der Waals surface area (Å²) in [6.07, 6.45) is 9.26. The number of carboxylic acids is 1. The van der Waals surface area contributed by atoms with Crippen LogP contribution in [0.1, 0.15) is 19.3 Å². The Morgan fingerprint density at radius 2 is 2.42 bits per heavy atom. The minimum atomic E-state index is -0.705. The molecule has 0 radical (unpaired) electrons. The predicted octanol–water partition coefficient (Wildman–Crippen LogP) is 0.731. The van der Waals surface area contributed by atoms with Crippen LogP contribution in [0.5, 0.6) is 0 Å². The first-order chi connectivity index (χ1) is 9.13. The zero-order valence-electron chi connectivity index (χ0n) is 11.5. The Morgan fingerprint density at radius 1 is 1.63 bits per heavy atom. The van der Waals surface area contributed by atoms with Crippen molar-refractivity contribution >= 4 is 22.8 Å². The van der Waals surface area contributed by atoms with Gasteiger partial charge in [-0.3, -0.25) is 0 Å². The van der Waals surface area contributed by atoms with E-state index in [0.717, 1.165) is 24.7 Å². The summed E-state index contributed by atoms with van der Waals surface area (Å²) >= 11 is 1.60. The van der Waals surface area contributed by atoms with Gasteiger partial charge in [0.1, 0.15) is 0 Å². The van der Waals surface area contributed by atoms with Crippen LogP contribution in [0.2, 0.25) is 5.21 Å². The number of carbonyl (C=O) groups is 1. The van der Waals surface area contributed by atoms with E-state index in [9.17, 15) is 9.90 Å². The van der Waals surface area contributed by atoms with Gasteiger partial charge in [0.25, 0.3) is 0 Å². The number of rotatable bonds is 5. The summed E-state index contributed by atoms with van der Waals surface area (Å²) in [5, 5.41) is 10.3. The van der Waals surface area contributed by atoms with Gasteiger partial charge in [-0.25, -0.2) is 0 Å². The summed E-state index contributed by atoms with van der Waals surface area (Å²) < 4.78 is 0. The summed E-state index contributed by atoms with van der Waals surface area (Å²) in [5.41, 5.74) is 1.36. The van der Waals surface area contributed by atoms with E-state index in [1.54, 1.807) is 16.9 Å². The molecule has 1 fully saturated rings. The molecule has 0 amide bonds. The number of aliphatic carboxylic acids is 1. The predicted molar refractivity (Wildman–Crippen MR) is 79.0 cm³/mol. The number of carboxylic acid groups (broad SMARTS) is 1. The van der Waals surface area contributed by atoms with Crippen molar-refractivity contribution < 1.29 is 9.90 Å². The molecule has 1 N–H and O–H groups in total. The number of allylic oxidation sites excluding steroid dienone is 2. The fourth-order valence-corrected chi connectivity index (χ4v) is 3.65. The molecular formula is C14H23AsN2O2. The van der Waals surface area contributed by atoms with Crippen LogP contribution in [0, 0.1) is 0 Å². The van der Waals surface area contributed by atoms with Gasteiger partial charge in [-0.05, 0) is 0 Å². The van der Waals surface area contributed by atoms with E-state index < -0.39 is 5.97 Å². The molecule has 5 heteroatoms. The second-order valence-corrected chi connectivity index (χ2v) is 6.54. The van der Waals surface area contributed by atoms with Crippen LogP contribution in [0.15, 0.2) is 23.9 Å². The van der Waals surface area contributed by atoms with Crippen LogP contribution in [0.3, 0.4) is 0 Å². The Kier molecular flexibility index (Phi) is 5.11. The van der Waals surface area contributed by atoms with E-state index in [4.69, 9.17) is 0 Å². The molecule has 2 aliphatic rings. The van der Waals surface area contributed by atoms with Crippen molar-refractivity contribution in [3.05, 3.63) is 23.9 Å². The van der Waals surface area contributed by atoms with Crippen LogP contribution in [0.4, 0.5) is 0 Å². The summed E-state index contributed by atoms with van der Waals surface area (Å²) in [7, 11) is 2.16. The SMILES string of the molecule is CN1CCC[C@H]1C1=CC=CN(C(CC[AsH2])C(=O)O)C1. The second-order valence-electron chi connectivity index (χ2n) is 5.33. The van der Waals surface area contributed by atoms with Gasteiger partial charge in [0.2, 0.25) is 0 Å². The Labute approximate surface area is 123 Å². The number of nitrogens with zero attached hydrogens (tertiary/aromatic N) is 2. The Hall–Kier alpha value is -0.732. The molecule has 1 saturated heterocycles. The fraction of sp³-hybridized carbons (Fsp3) is 0.643. The number of hydrogen-bond acceptors (Lipinski definition) is 3. The molecule has 2 rings (SSSR count). The van der Waals surface area contributed by atoms with Crippen molar-refractivity contribution in [2.75, 3.05) is 20.1 Å². The van der Waals surface area contributed by atoms with Crippen molar-refractivity contribution in [2.45, 2.75) is 36.6 Å². The van der Waals surface area contributed by atoms with Crippen molar-refractivity contribution in [3.8, 4) is 0 Å². The standard InChI is InChI=1S/C14H23AsN2O2/c1-16-8-3-5-12(16)11-4-2-9-17(10-11)13(6-7-15)14(18)19/h2,4,9,12-13H,3,5-8,10,15H2,1H3,(H,18,19)/t12-,13?/m0/s1. The molecule has 3 atom stereocenters. The first-order valence-electron chi connectivity index (χ1n) is 6.89. The maximum atomic E-state index is 11.4. The summed E-state index contributed by atoms with van der Waals surface area (Å²) in [4.78, 5) is 15.7. The Bertz CT molecular complexity index is 395. The Morgan fingerprint density at radius 3 is 3.00 bits per heavy atom. The molecule has 0 aromatic heterocycles. The third-order valence-electron chi connectivity index (χ3n) is 4.03. The first-order valence-corrected chi connectivity index (χ1v) is 8.61. The third-order valence-corrected chi connectivity index (χ3v) is 4.73. The van der Waals surface area contributed by atoms with Crippen LogP contribution >= 0.6 is 0 Å². The van der Waals surface area contributed by atoms with Gasteiger partial charge in [-0.2, -0.15) is 0 Å². The molecule has 0 aliphatic carbocycles. The van der Waals surface area contributed by atoms with Gasteiger partial charge in [-0.1, -0.05) is 0 Å². The molecule has 0 aromatic rings. The summed E-state index contributed by atoms with van der Waals surface area (Å²) in [6.45, 7) is 1.90. The average Bonchev–Trinajstić information content (AvgIpc) is 2.82. The molecule has 0 spiro atoms. The van der Waals surface area contributed by atoms with Gasteiger partial charge < -0.3 is 0 Å². The van der Waals surface area contributed by atoms with Gasteiger partial charge in [0.15, 0.2) is 0 Å². The summed E-state index contributed by atoms with van der Waals surface area (Å²) in [6, 6.07) is 0.117. The topological polar surface area (TPSA) is 43.8 Å². The molecule has 0 aromatic carbocycles. The van der Waals surface area contributed by atoms with Gasteiger partial charge >= 0.3 is 123 Å². The molecule has 0 bridgehead atoms. The van der Waals surface area contributed by atoms with Gasteiger partial charge in [0, 0.05) is 0 Å². The van der Waals surface area contributed by atoms with Crippen LogP contribution in [0.25, 0.3) is 0 Å². The maximum absolute atomic E-state index is 11.4. The molecule has 0 saturated carbocycles. The molecule has 19 heavy (non-hydrogen) atoms. The second kappa shape index (κ2) is 6.62. The van der Waals surface area contributed by atoms with E-state index >= 15 is 0 Å². The number of likely N-dealkylation sites (N-methyl/N-ethyl adjacent to an activating group) is 1. The van der Waals surface area contributed by atoms with E-state index in [2.05, 4.69) is 18.0 Å². The van der Waals surface area contributed by atoms with Gasteiger partial charge in [-0.15, -0.1) is 0 Å². The van der Waals surface area contributed by atoms with Gasteiger partial charge in [0.05, 0.1) is 0 Å². The van der Waals surface area contributed by atoms with Crippen molar-refractivity contribution in [2.24, 2.45) is 0 Å². The monoisotopic (exact) mass is 326 g/mol. The minimum absolute atomic E-state index is 0.376. The molecule has 2 heterocycles. The van der Waals surface area contributed by atoms with Crippen LogP contribution in [-0.4, -0.2) is 69.9 Å². The molecule has 2 unspecified atom stereocenters. The molecule has 2 aliphatic heterocycles. The van der Waals surface area contributed by atoms with Crippen molar-refractivity contribution in [1.29, 1.82) is 0 Å².